The summed E-state index contributed by atoms with van der Waals surface area (Å²) in [6.45, 7) is 6.63. The van der Waals surface area contributed by atoms with E-state index in [2.05, 4.69) is 19.2 Å². The third kappa shape index (κ3) is 3.44. The van der Waals surface area contributed by atoms with Crippen molar-refractivity contribution in [2.75, 3.05) is 11.9 Å². The Balaban J connectivity index is 2.93. The van der Waals surface area contributed by atoms with Crippen LogP contribution in [0.4, 0.5) is 10.1 Å². The van der Waals surface area contributed by atoms with Crippen LogP contribution in [0.1, 0.15) is 36.2 Å². The number of hydrogen-bond acceptors (Lipinski definition) is 2. The van der Waals surface area contributed by atoms with Crippen LogP contribution in [-0.2, 0) is 0 Å². The highest BCUT2D eigenvalue weighted by atomic mass is 19.1. The van der Waals surface area contributed by atoms with E-state index in [1.807, 2.05) is 0 Å². The number of hydrogen-bond donors (Lipinski definition) is 2. The average Bonchev–Trinajstić information content (AvgIpc) is 2.30. The minimum atomic E-state index is -0.615. The van der Waals surface area contributed by atoms with E-state index in [9.17, 15) is 9.18 Å². The lowest BCUT2D eigenvalue weighted by Gasteiger charge is -2.14. The van der Waals surface area contributed by atoms with E-state index in [1.165, 1.54) is 6.07 Å². The number of rotatable bonds is 5. The summed E-state index contributed by atoms with van der Waals surface area (Å²) in [5.74, 6) is -0.530. The summed E-state index contributed by atoms with van der Waals surface area (Å²) >= 11 is 0. The zero-order chi connectivity index (χ0) is 13.0. The molecule has 4 heteroatoms. The monoisotopic (exact) mass is 238 g/mol. The van der Waals surface area contributed by atoms with E-state index in [0.717, 1.165) is 13.0 Å². The van der Waals surface area contributed by atoms with Gasteiger partial charge in [0.2, 0.25) is 5.91 Å². The molecule has 0 fully saturated rings. The molecule has 1 rings (SSSR count). The van der Waals surface area contributed by atoms with E-state index in [0.29, 0.717) is 17.2 Å². The number of carbonyl (C=O) groups excluding carboxylic acids is 1. The molecule has 0 heterocycles. The molecule has 0 aromatic heterocycles. The van der Waals surface area contributed by atoms with E-state index in [1.54, 1.807) is 13.0 Å². The molecule has 3 nitrogen and oxygen atoms in total. The fourth-order valence-electron chi connectivity index (χ4n) is 1.43. The first-order chi connectivity index (χ1) is 7.95. The molecule has 0 bridgehead atoms. The lowest BCUT2D eigenvalue weighted by Crippen LogP contribution is -2.15. The van der Waals surface area contributed by atoms with Gasteiger partial charge in [-0.2, -0.15) is 0 Å². The topological polar surface area (TPSA) is 55.1 Å². The molecule has 0 saturated carbocycles. The number of anilines is 1. The molecule has 0 saturated heterocycles. The van der Waals surface area contributed by atoms with Crippen LogP contribution in [0.2, 0.25) is 0 Å². The summed E-state index contributed by atoms with van der Waals surface area (Å²) < 4.78 is 13.6. The Morgan fingerprint density at radius 2 is 2.18 bits per heavy atom. The van der Waals surface area contributed by atoms with E-state index < -0.39 is 11.7 Å². The van der Waals surface area contributed by atoms with Crippen molar-refractivity contribution in [1.82, 2.24) is 0 Å². The van der Waals surface area contributed by atoms with E-state index in [4.69, 9.17) is 5.73 Å². The minimum Gasteiger partial charge on any atom is -0.384 e. The van der Waals surface area contributed by atoms with Crippen molar-refractivity contribution in [3.8, 4) is 0 Å². The molecule has 1 amide bonds. The molecule has 0 aliphatic rings. The van der Waals surface area contributed by atoms with Crippen molar-refractivity contribution in [3.63, 3.8) is 0 Å². The summed E-state index contributed by atoms with van der Waals surface area (Å²) in [6, 6.07) is 2.77. The number of halogens is 1. The maximum Gasteiger partial charge on any atom is 0.248 e. The van der Waals surface area contributed by atoms with Gasteiger partial charge in [0.15, 0.2) is 0 Å². The SMILES string of the molecule is CCC(C)CNc1cc(C(N)=O)cc(F)c1C. The van der Waals surface area contributed by atoms with Crippen LogP contribution in [0, 0.1) is 18.7 Å². The Kier molecular flexibility index (Phi) is 4.49. The van der Waals surface area contributed by atoms with Crippen LogP contribution < -0.4 is 11.1 Å². The summed E-state index contributed by atoms with van der Waals surface area (Å²) in [5.41, 5.74) is 6.49. The first-order valence-corrected chi connectivity index (χ1v) is 5.79. The fourth-order valence-corrected chi connectivity index (χ4v) is 1.43. The zero-order valence-electron chi connectivity index (χ0n) is 10.5. The zero-order valence-corrected chi connectivity index (χ0v) is 10.5. The first kappa shape index (κ1) is 13.5. The lowest BCUT2D eigenvalue weighted by atomic mass is 10.1. The van der Waals surface area contributed by atoms with Crippen LogP contribution in [0.15, 0.2) is 12.1 Å². The van der Waals surface area contributed by atoms with Crippen molar-refractivity contribution in [2.24, 2.45) is 11.7 Å². The van der Waals surface area contributed by atoms with Gasteiger partial charge in [-0.05, 0) is 25.0 Å². The molecular formula is C13H19FN2O. The van der Waals surface area contributed by atoms with Crippen LogP contribution in [0.5, 0.6) is 0 Å². The standard InChI is InChI=1S/C13H19FN2O/c1-4-8(2)7-16-12-6-10(13(15)17)5-11(14)9(12)3/h5-6,8,16H,4,7H2,1-3H3,(H2,15,17). The Labute approximate surface area is 101 Å². The second-order valence-corrected chi connectivity index (χ2v) is 4.39. The molecule has 0 aliphatic carbocycles. The Hall–Kier alpha value is -1.58. The number of amides is 1. The van der Waals surface area contributed by atoms with Crippen molar-refractivity contribution in [1.29, 1.82) is 0 Å². The highest BCUT2D eigenvalue weighted by Crippen LogP contribution is 2.21. The predicted octanol–water partition coefficient (Wildman–Crippen LogP) is 2.69. The third-order valence-corrected chi connectivity index (χ3v) is 2.97. The third-order valence-electron chi connectivity index (χ3n) is 2.97. The molecule has 1 unspecified atom stereocenters. The molecule has 94 valence electrons. The molecule has 3 N–H and O–H groups in total. The highest BCUT2D eigenvalue weighted by Gasteiger charge is 2.10. The average molecular weight is 238 g/mol. The summed E-state index contributed by atoms with van der Waals surface area (Å²) in [6.07, 6.45) is 1.05. The largest absolute Gasteiger partial charge is 0.384 e. The lowest BCUT2D eigenvalue weighted by molar-refractivity contribution is 0.1000. The van der Waals surface area contributed by atoms with Crippen LogP contribution in [-0.4, -0.2) is 12.5 Å². The highest BCUT2D eigenvalue weighted by molar-refractivity contribution is 5.94. The van der Waals surface area contributed by atoms with Gasteiger partial charge in [0.25, 0.3) is 0 Å². The number of benzene rings is 1. The number of primary amides is 1. The number of nitrogens with two attached hydrogens (primary N) is 1. The first-order valence-electron chi connectivity index (χ1n) is 5.79. The molecule has 0 spiro atoms. The normalized spacial score (nSPS) is 12.2. The Morgan fingerprint density at radius 3 is 2.71 bits per heavy atom. The van der Waals surface area contributed by atoms with Crippen molar-refractivity contribution < 1.29 is 9.18 Å². The van der Waals surface area contributed by atoms with Gasteiger partial charge in [-0.25, -0.2) is 4.39 Å². The van der Waals surface area contributed by atoms with Gasteiger partial charge in [-0.1, -0.05) is 20.3 Å². The molecule has 0 aliphatic heterocycles. The molecule has 0 radical (unpaired) electrons. The van der Waals surface area contributed by atoms with Crippen molar-refractivity contribution in [2.45, 2.75) is 27.2 Å². The van der Waals surface area contributed by atoms with Gasteiger partial charge in [-0.15, -0.1) is 0 Å². The number of carbonyl (C=O) groups is 1. The Morgan fingerprint density at radius 1 is 1.53 bits per heavy atom. The van der Waals surface area contributed by atoms with Gasteiger partial charge < -0.3 is 11.1 Å². The van der Waals surface area contributed by atoms with Gasteiger partial charge in [0.1, 0.15) is 5.82 Å². The smallest absolute Gasteiger partial charge is 0.248 e. The maximum atomic E-state index is 13.6. The molecule has 17 heavy (non-hydrogen) atoms. The predicted molar refractivity (Wildman–Crippen MR) is 67.6 cm³/mol. The minimum absolute atomic E-state index is 0.194. The quantitative estimate of drug-likeness (QED) is 0.828. The van der Waals surface area contributed by atoms with Gasteiger partial charge >= 0.3 is 0 Å². The van der Waals surface area contributed by atoms with E-state index in [-0.39, 0.29) is 5.56 Å². The maximum absolute atomic E-state index is 13.6. The summed E-state index contributed by atoms with van der Waals surface area (Å²) in [7, 11) is 0. The fraction of sp³-hybridized carbons (Fsp3) is 0.462. The molecular weight excluding hydrogens is 219 g/mol. The van der Waals surface area contributed by atoms with Crippen LogP contribution in [0.25, 0.3) is 0 Å². The van der Waals surface area contributed by atoms with Gasteiger partial charge in [0, 0.05) is 23.4 Å². The van der Waals surface area contributed by atoms with Crippen molar-refractivity contribution >= 4 is 11.6 Å². The molecule has 1 atom stereocenters. The van der Waals surface area contributed by atoms with E-state index >= 15 is 0 Å². The Bertz CT molecular complexity index is 418. The van der Waals surface area contributed by atoms with Crippen LogP contribution in [0.3, 0.4) is 0 Å². The molecule has 1 aromatic carbocycles. The summed E-state index contributed by atoms with van der Waals surface area (Å²) in [4.78, 5) is 11.0. The van der Waals surface area contributed by atoms with Gasteiger partial charge in [0.05, 0.1) is 0 Å². The van der Waals surface area contributed by atoms with Crippen molar-refractivity contribution in [3.05, 3.63) is 29.1 Å². The van der Waals surface area contributed by atoms with Crippen LogP contribution >= 0.6 is 0 Å². The summed E-state index contributed by atoms with van der Waals surface area (Å²) in [5, 5.41) is 3.15. The molecule has 1 aromatic rings. The van der Waals surface area contributed by atoms with Gasteiger partial charge in [-0.3, -0.25) is 4.79 Å². The second kappa shape index (κ2) is 5.66. The number of nitrogens with one attached hydrogen (secondary N) is 1. The second-order valence-electron chi connectivity index (χ2n) is 4.39.